The summed E-state index contributed by atoms with van der Waals surface area (Å²) in [5.41, 5.74) is 3.00. The summed E-state index contributed by atoms with van der Waals surface area (Å²) in [6, 6.07) is 24.8. The summed E-state index contributed by atoms with van der Waals surface area (Å²) in [6.07, 6.45) is 4.52. The van der Waals surface area contributed by atoms with Gasteiger partial charge in [0.1, 0.15) is 27.7 Å². The van der Waals surface area contributed by atoms with Crippen LogP contribution >= 0.6 is 11.8 Å². The van der Waals surface area contributed by atoms with Gasteiger partial charge in [0, 0.05) is 28.6 Å². The molecule has 0 aliphatic carbocycles. The molecule has 0 aliphatic rings. The van der Waals surface area contributed by atoms with Crippen LogP contribution < -0.4 is 39.0 Å². The van der Waals surface area contributed by atoms with Gasteiger partial charge in [0.2, 0.25) is 0 Å². The van der Waals surface area contributed by atoms with E-state index in [0.717, 1.165) is 54.7 Å². The Morgan fingerprint density at radius 2 is 1.60 bits per heavy atom. The van der Waals surface area contributed by atoms with E-state index in [1.165, 1.54) is 24.9 Å². The van der Waals surface area contributed by atoms with Crippen LogP contribution in [0.15, 0.2) is 99.6 Å². The molecule has 8 nitrogen and oxygen atoms in total. The predicted octanol–water partition coefficient (Wildman–Crippen LogP) is 4.75. The largest absolute Gasteiger partial charge is 1.00 e. The molecule has 0 spiro atoms. The number of aliphatic hydroxyl groups is 2. The maximum atomic E-state index is 12.5. The van der Waals surface area contributed by atoms with Crippen molar-refractivity contribution in [3.05, 3.63) is 102 Å². The molecule has 0 radical (unpaired) electrons. The average molecular weight is 703 g/mol. The van der Waals surface area contributed by atoms with E-state index in [2.05, 4.69) is 6.92 Å². The number of rotatable bonds is 19. The average Bonchev–Trinajstić information content (AvgIpc) is 3.08. The number of hydrogen-bond acceptors (Lipinski definition) is 9. The molecule has 0 amide bonds. The summed E-state index contributed by atoms with van der Waals surface area (Å²) >= 11 is 1.19. The summed E-state index contributed by atoms with van der Waals surface area (Å²) in [5, 5.41) is 20.6. The van der Waals surface area contributed by atoms with Crippen molar-refractivity contribution in [2.24, 2.45) is 0 Å². The van der Waals surface area contributed by atoms with Crippen molar-refractivity contribution in [3.8, 4) is 22.6 Å². The smallest absolute Gasteiger partial charge is 0.744 e. The fourth-order valence-electron chi connectivity index (χ4n) is 5.13. The quantitative estimate of drug-likeness (QED) is 0.0809. The van der Waals surface area contributed by atoms with Gasteiger partial charge >= 0.3 is 29.6 Å². The predicted molar refractivity (Wildman–Crippen MR) is 183 cm³/mol. The fourth-order valence-corrected chi connectivity index (χ4v) is 6.97. The first-order valence-electron chi connectivity index (χ1n) is 15.9. The van der Waals surface area contributed by atoms with Crippen LogP contribution in [0.1, 0.15) is 68.2 Å². The first-order valence-corrected chi connectivity index (χ1v) is 18.1. The van der Waals surface area contributed by atoms with E-state index in [-0.39, 0.29) is 41.1 Å². The molecular formula is C37H43NaO8S2. The van der Waals surface area contributed by atoms with Crippen LogP contribution in [0.4, 0.5) is 0 Å². The third-order valence-corrected chi connectivity index (χ3v) is 9.74. The Morgan fingerprint density at radius 1 is 0.854 bits per heavy atom. The van der Waals surface area contributed by atoms with Gasteiger partial charge in [-0.2, -0.15) is 0 Å². The molecular weight excluding hydrogens is 660 g/mol. The van der Waals surface area contributed by atoms with E-state index >= 15 is 0 Å². The molecule has 1 unspecified atom stereocenters. The molecule has 1 atom stereocenters. The van der Waals surface area contributed by atoms with Crippen LogP contribution in [0.25, 0.3) is 11.1 Å². The van der Waals surface area contributed by atoms with Gasteiger partial charge < -0.3 is 29.0 Å². The van der Waals surface area contributed by atoms with Gasteiger partial charge in [0.15, 0.2) is 0 Å². The van der Waals surface area contributed by atoms with Gasteiger partial charge in [-0.25, -0.2) is 8.42 Å². The molecule has 0 bridgehead atoms. The molecule has 4 rings (SSSR count). The number of ether oxygens (including phenoxy) is 3. The van der Waals surface area contributed by atoms with E-state index < -0.39 is 16.2 Å². The van der Waals surface area contributed by atoms with Gasteiger partial charge in [0.25, 0.3) is 0 Å². The van der Waals surface area contributed by atoms with Gasteiger partial charge in [-0.3, -0.25) is 0 Å². The number of aliphatic hydroxyl groups excluding tert-OH is 2. The summed E-state index contributed by atoms with van der Waals surface area (Å²) < 4.78 is 54.6. The van der Waals surface area contributed by atoms with Crippen LogP contribution in [0.5, 0.6) is 11.5 Å². The first-order chi connectivity index (χ1) is 22.7. The zero-order valence-corrected chi connectivity index (χ0v) is 31.5. The van der Waals surface area contributed by atoms with Crippen LogP contribution in [-0.2, 0) is 21.5 Å². The maximum Gasteiger partial charge on any atom is 1.00 e. The molecule has 0 heterocycles. The second kappa shape index (κ2) is 20.3. The monoisotopic (exact) mass is 702 g/mol. The van der Waals surface area contributed by atoms with Crippen molar-refractivity contribution in [3.63, 3.8) is 0 Å². The van der Waals surface area contributed by atoms with Gasteiger partial charge in [-0.05, 0) is 90.0 Å². The SMILES string of the molecule is CCCCOc1ccc(Sc2ccc(-c3ccccc3C(O)c3cc(COCCCCCCO)ccc3OC)cc2S(=O)(=O)[O-])cc1.[Na+]. The minimum absolute atomic E-state index is 0. The minimum Gasteiger partial charge on any atom is -0.744 e. The Morgan fingerprint density at radius 3 is 2.31 bits per heavy atom. The first kappa shape index (κ1) is 40.1. The van der Waals surface area contributed by atoms with Crippen LogP contribution in [0.3, 0.4) is 0 Å². The van der Waals surface area contributed by atoms with Crippen molar-refractivity contribution in [2.45, 2.75) is 72.8 Å². The van der Waals surface area contributed by atoms with Crippen molar-refractivity contribution in [1.29, 1.82) is 0 Å². The molecule has 48 heavy (non-hydrogen) atoms. The summed E-state index contributed by atoms with van der Waals surface area (Å²) in [5.74, 6) is 1.22. The Labute approximate surface area is 310 Å². The molecule has 0 saturated carbocycles. The molecule has 0 fully saturated rings. The Balaban J connectivity index is 0.00000625. The Kier molecular flexibility index (Phi) is 17.0. The normalized spacial score (nSPS) is 11.9. The number of hydrogen-bond donors (Lipinski definition) is 2. The number of methoxy groups -OCH3 is 1. The van der Waals surface area contributed by atoms with E-state index in [9.17, 15) is 18.1 Å². The summed E-state index contributed by atoms with van der Waals surface area (Å²) in [6.45, 7) is 3.88. The van der Waals surface area contributed by atoms with E-state index in [1.54, 1.807) is 42.5 Å². The van der Waals surface area contributed by atoms with Crippen molar-refractivity contribution >= 4 is 21.9 Å². The van der Waals surface area contributed by atoms with Gasteiger partial charge in [-0.15, -0.1) is 0 Å². The second-order valence-electron chi connectivity index (χ2n) is 11.1. The summed E-state index contributed by atoms with van der Waals surface area (Å²) in [7, 11) is -3.29. The third-order valence-electron chi connectivity index (χ3n) is 7.65. The van der Waals surface area contributed by atoms with Crippen LogP contribution in [0, 0.1) is 0 Å². The topological polar surface area (TPSA) is 125 Å². The second-order valence-corrected chi connectivity index (χ2v) is 13.6. The molecule has 2 N–H and O–H groups in total. The Bertz CT molecular complexity index is 1680. The molecule has 4 aromatic carbocycles. The van der Waals surface area contributed by atoms with E-state index in [0.29, 0.717) is 52.7 Å². The third kappa shape index (κ3) is 11.6. The van der Waals surface area contributed by atoms with Gasteiger partial charge in [0.05, 0.1) is 25.2 Å². The molecule has 252 valence electrons. The van der Waals surface area contributed by atoms with Gasteiger partial charge in [-0.1, -0.05) is 74.3 Å². The standard InChI is InChI=1S/C37H44O8S2.Na/c1-3-4-23-45-29-15-17-30(18-16-29)46-35-20-14-28(25-36(35)47(40,41)42)31-11-7-8-12-32(31)37(39)33-24-27(13-19-34(33)43-2)26-44-22-10-6-5-9-21-38;/h7-8,11-20,24-25,37-39H,3-6,9-10,21-23,26H2,1-2H3,(H,40,41,42);/q;+1/p-1. The number of benzene rings is 4. The van der Waals surface area contributed by atoms with Crippen molar-refractivity contribution in [2.75, 3.05) is 26.9 Å². The fraction of sp³-hybridized carbons (Fsp3) is 0.351. The summed E-state index contributed by atoms with van der Waals surface area (Å²) in [4.78, 5) is 0.740. The maximum absolute atomic E-state index is 12.5. The molecule has 11 heteroatoms. The van der Waals surface area contributed by atoms with Crippen molar-refractivity contribution < 1.29 is 67.0 Å². The van der Waals surface area contributed by atoms with E-state index in [1.807, 2.05) is 36.4 Å². The van der Waals surface area contributed by atoms with E-state index in [4.69, 9.17) is 19.3 Å². The zero-order valence-electron chi connectivity index (χ0n) is 27.9. The minimum atomic E-state index is -4.83. The Hall–Kier alpha value is -2.38. The molecule has 0 saturated heterocycles. The van der Waals surface area contributed by atoms with Crippen molar-refractivity contribution in [1.82, 2.24) is 0 Å². The number of unbranched alkanes of at least 4 members (excludes halogenated alkanes) is 4. The molecule has 4 aromatic rings. The van der Waals surface area contributed by atoms with Crippen LogP contribution in [-0.4, -0.2) is 50.1 Å². The zero-order chi connectivity index (χ0) is 33.6. The van der Waals surface area contributed by atoms with Crippen LogP contribution in [0.2, 0.25) is 0 Å². The molecule has 0 aliphatic heterocycles. The molecule has 0 aromatic heterocycles.